The molecule has 7 heteroatoms. The van der Waals surface area contributed by atoms with Crippen molar-refractivity contribution in [2.45, 2.75) is 33.2 Å². The quantitative estimate of drug-likeness (QED) is 0.867. The fourth-order valence-corrected chi connectivity index (χ4v) is 5.03. The zero-order valence-electron chi connectivity index (χ0n) is 13.0. The van der Waals surface area contributed by atoms with Crippen LogP contribution in [-0.4, -0.2) is 44.9 Å². The van der Waals surface area contributed by atoms with Crippen molar-refractivity contribution in [1.29, 1.82) is 0 Å². The van der Waals surface area contributed by atoms with E-state index in [1.807, 2.05) is 30.5 Å². The van der Waals surface area contributed by atoms with Gasteiger partial charge in [-0.25, -0.2) is 9.97 Å². The van der Waals surface area contributed by atoms with Gasteiger partial charge in [0, 0.05) is 18.3 Å². The van der Waals surface area contributed by atoms with E-state index in [0.29, 0.717) is 11.6 Å². The summed E-state index contributed by atoms with van der Waals surface area (Å²) in [5, 5.41) is 0.829. The average Bonchev–Trinajstić information content (AvgIpc) is 2.64. The number of aryl methyl sites for hydroxylation is 2. The van der Waals surface area contributed by atoms with Gasteiger partial charge in [0.2, 0.25) is 0 Å². The molecule has 5 nitrogen and oxygen atoms in total. The molecule has 1 saturated heterocycles. The van der Waals surface area contributed by atoms with E-state index in [-0.39, 0.29) is 11.9 Å². The number of nitrogens with two attached hydrogens (primary N) is 1. The van der Waals surface area contributed by atoms with Crippen molar-refractivity contribution < 1.29 is 4.79 Å². The van der Waals surface area contributed by atoms with Crippen LogP contribution in [0.1, 0.15) is 34.4 Å². The maximum atomic E-state index is 13.0. The molecule has 3 rings (SSSR count). The van der Waals surface area contributed by atoms with E-state index in [4.69, 9.17) is 5.73 Å². The molecular weight excluding hydrogens is 316 g/mol. The number of thioether (sulfide) groups is 1. The number of thiophene rings is 1. The average molecular weight is 336 g/mol. The highest BCUT2D eigenvalue weighted by molar-refractivity contribution is 7.99. The van der Waals surface area contributed by atoms with Crippen molar-refractivity contribution in [3.05, 3.63) is 16.3 Å². The summed E-state index contributed by atoms with van der Waals surface area (Å²) in [7, 11) is 0. The zero-order chi connectivity index (χ0) is 15.9. The van der Waals surface area contributed by atoms with Gasteiger partial charge in [-0.2, -0.15) is 11.8 Å². The van der Waals surface area contributed by atoms with Crippen molar-refractivity contribution in [1.82, 2.24) is 14.9 Å². The van der Waals surface area contributed by atoms with Crippen LogP contribution < -0.4 is 5.73 Å². The molecule has 0 saturated carbocycles. The Morgan fingerprint density at radius 2 is 2.14 bits per heavy atom. The monoisotopic (exact) mass is 336 g/mol. The molecule has 0 aromatic carbocycles. The van der Waals surface area contributed by atoms with Gasteiger partial charge in [-0.1, -0.05) is 0 Å². The van der Waals surface area contributed by atoms with Gasteiger partial charge >= 0.3 is 0 Å². The largest absolute Gasteiger partial charge is 0.383 e. The number of nitrogen functional groups attached to an aromatic ring is 1. The molecule has 1 amide bonds. The van der Waals surface area contributed by atoms with Gasteiger partial charge in [0.15, 0.2) is 0 Å². The summed E-state index contributed by atoms with van der Waals surface area (Å²) in [6, 6.07) is 0.259. The topological polar surface area (TPSA) is 72.1 Å². The second-order valence-electron chi connectivity index (χ2n) is 5.67. The second-order valence-corrected chi connectivity index (χ2v) is 7.82. The maximum absolute atomic E-state index is 13.0. The van der Waals surface area contributed by atoms with Crippen molar-refractivity contribution in [2.24, 2.45) is 0 Å². The first-order valence-corrected chi connectivity index (χ1v) is 9.38. The third kappa shape index (κ3) is 2.67. The number of hydrogen-bond donors (Lipinski definition) is 1. The minimum Gasteiger partial charge on any atom is -0.383 e. The first-order valence-electron chi connectivity index (χ1n) is 7.41. The summed E-state index contributed by atoms with van der Waals surface area (Å²) in [5.74, 6) is 3.33. The Morgan fingerprint density at radius 3 is 2.91 bits per heavy atom. The fraction of sp³-hybridized carbons (Fsp3) is 0.533. The fourth-order valence-electron chi connectivity index (χ4n) is 2.82. The first-order chi connectivity index (χ1) is 10.5. The molecule has 2 aromatic heterocycles. The number of carbonyl (C=O) groups excluding carboxylic acids is 1. The standard InChI is InChI=1S/C15H20N4OS2/c1-8-7-21-6-4-5-19(8)15(20)12-9(2)11-13(16)17-10(3)18-14(11)22-12/h8H,4-7H2,1-3H3,(H2,16,17,18). The molecule has 0 spiro atoms. The van der Waals surface area contributed by atoms with E-state index in [1.165, 1.54) is 11.3 Å². The minimum absolute atomic E-state index is 0.104. The Balaban J connectivity index is 2.04. The zero-order valence-corrected chi connectivity index (χ0v) is 14.7. The van der Waals surface area contributed by atoms with Gasteiger partial charge in [-0.05, 0) is 38.5 Å². The molecule has 1 fully saturated rings. The molecule has 0 radical (unpaired) electrons. The Bertz CT molecular complexity index is 728. The van der Waals surface area contributed by atoms with E-state index in [2.05, 4.69) is 16.9 Å². The number of rotatable bonds is 1. The number of carbonyl (C=O) groups is 1. The molecular formula is C15H20N4OS2. The van der Waals surface area contributed by atoms with Crippen molar-refractivity contribution in [2.75, 3.05) is 23.8 Å². The van der Waals surface area contributed by atoms with Crippen LogP contribution in [0, 0.1) is 13.8 Å². The molecule has 0 aliphatic carbocycles. The van der Waals surface area contributed by atoms with Crippen LogP contribution in [0.25, 0.3) is 10.2 Å². The molecule has 3 heterocycles. The van der Waals surface area contributed by atoms with Gasteiger partial charge in [0.1, 0.15) is 16.5 Å². The van der Waals surface area contributed by atoms with Crippen LogP contribution in [-0.2, 0) is 0 Å². The summed E-state index contributed by atoms with van der Waals surface area (Å²) in [5.41, 5.74) is 6.94. The normalized spacial score (nSPS) is 19.4. The Labute approximate surface area is 138 Å². The van der Waals surface area contributed by atoms with E-state index in [0.717, 1.165) is 45.1 Å². The lowest BCUT2D eigenvalue weighted by Gasteiger charge is -2.26. The number of nitrogens with zero attached hydrogens (tertiary/aromatic N) is 3. The van der Waals surface area contributed by atoms with E-state index in [1.54, 1.807) is 0 Å². The summed E-state index contributed by atoms with van der Waals surface area (Å²) in [4.78, 5) is 25.2. The predicted octanol–water partition coefficient (Wildman–Crippen LogP) is 2.86. The lowest BCUT2D eigenvalue weighted by atomic mass is 10.1. The highest BCUT2D eigenvalue weighted by Gasteiger charge is 2.27. The van der Waals surface area contributed by atoms with Crippen LogP contribution >= 0.6 is 23.1 Å². The Hall–Kier alpha value is -1.34. The van der Waals surface area contributed by atoms with Crippen LogP contribution in [0.15, 0.2) is 0 Å². The smallest absolute Gasteiger partial charge is 0.264 e. The van der Waals surface area contributed by atoms with Gasteiger partial charge in [0.25, 0.3) is 5.91 Å². The predicted molar refractivity (Wildman–Crippen MR) is 93.7 cm³/mol. The maximum Gasteiger partial charge on any atom is 0.264 e. The number of fused-ring (bicyclic) bond motifs is 1. The van der Waals surface area contributed by atoms with E-state index in [9.17, 15) is 4.79 Å². The molecule has 0 bridgehead atoms. The highest BCUT2D eigenvalue weighted by atomic mass is 32.2. The van der Waals surface area contributed by atoms with Crippen molar-refractivity contribution >= 4 is 45.0 Å². The highest BCUT2D eigenvalue weighted by Crippen LogP contribution is 2.34. The van der Waals surface area contributed by atoms with Crippen LogP contribution in [0.5, 0.6) is 0 Å². The van der Waals surface area contributed by atoms with E-state index < -0.39 is 0 Å². The molecule has 22 heavy (non-hydrogen) atoms. The number of aromatic nitrogens is 2. The second kappa shape index (κ2) is 6.04. The molecule has 2 N–H and O–H groups in total. The van der Waals surface area contributed by atoms with Gasteiger partial charge in [-0.15, -0.1) is 11.3 Å². The lowest BCUT2D eigenvalue weighted by molar-refractivity contribution is 0.0717. The molecule has 1 aliphatic heterocycles. The van der Waals surface area contributed by atoms with Crippen molar-refractivity contribution in [3.63, 3.8) is 0 Å². The Kier molecular flexibility index (Phi) is 4.27. The number of anilines is 1. The third-order valence-corrected chi connectivity index (χ3v) is 6.43. The summed E-state index contributed by atoms with van der Waals surface area (Å²) < 4.78 is 0. The van der Waals surface area contributed by atoms with Crippen LogP contribution in [0.2, 0.25) is 0 Å². The van der Waals surface area contributed by atoms with Crippen LogP contribution in [0.4, 0.5) is 5.82 Å². The van der Waals surface area contributed by atoms with Crippen LogP contribution in [0.3, 0.4) is 0 Å². The van der Waals surface area contributed by atoms with Gasteiger partial charge in [-0.3, -0.25) is 4.79 Å². The summed E-state index contributed by atoms with van der Waals surface area (Å²) in [6.45, 7) is 6.71. The molecule has 1 aliphatic rings. The van der Waals surface area contributed by atoms with Crippen molar-refractivity contribution in [3.8, 4) is 0 Å². The van der Waals surface area contributed by atoms with Gasteiger partial charge < -0.3 is 10.6 Å². The number of amides is 1. The molecule has 1 unspecified atom stereocenters. The molecule has 2 aromatic rings. The summed E-state index contributed by atoms with van der Waals surface area (Å²) >= 11 is 3.35. The third-order valence-electron chi connectivity index (χ3n) is 3.96. The van der Waals surface area contributed by atoms with E-state index >= 15 is 0 Å². The molecule has 118 valence electrons. The minimum atomic E-state index is 0.104. The first kappa shape index (κ1) is 15.6. The lowest BCUT2D eigenvalue weighted by Crippen LogP contribution is -2.39. The Morgan fingerprint density at radius 1 is 1.36 bits per heavy atom. The summed E-state index contributed by atoms with van der Waals surface area (Å²) in [6.07, 6.45) is 1.05. The molecule has 1 atom stereocenters. The number of hydrogen-bond acceptors (Lipinski definition) is 6. The SMILES string of the molecule is Cc1nc(N)c2c(C)c(C(=O)N3CCCSCC3C)sc2n1. The van der Waals surface area contributed by atoms with Gasteiger partial charge in [0.05, 0.1) is 10.3 Å².